The van der Waals surface area contributed by atoms with E-state index >= 15 is 0 Å². The van der Waals surface area contributed by atoms with Gasteiger partial charge in [-0.2, -0.15) is 0 Å². The predicted octanol–water partition coefficient (Wildman–Crippen LogP) is 3.67. The largest absolute Gasteiger partial charge is 0.309 e. The van der Waals surface area contributed by atoms with Gasteiger partial charge in [0.25, 0.3) is 0 Å². The van der Waals surface area contributed by atoms with E-state index in [1.807, 2.05) is 0 Å². The van der Waals surface area contributed by atoms with Gasteiger partial charge in [0.15, 0.2) is 0 Å². The topological polar surface area (TPSA) is 15.3 Å². The van der Waals surface area contributed by atoms with Crippen LogP contribution in [0.4, 0.5) is 0 Å². The molecule has 0 aromatic rings. The molecule has 2 unspecified atom stereocenters. The van der Waals surface area contributed by atoms with E-state index in [2.05, 4.69) is 44.8 Å². The molecule has 1 heterocycles. The minimum atomic E-state index is 0.335. The molecule has 2 heteroatoms. The van der Waals surface area contributed by atoms with Gasteiger partial charge in [-0.05, 0) is 45.1 Å². The average molecular weight is 254 g/mol. The van der Waals surface area contributed by atoms with Crippen LogP contribution in [-0.4, -0.2) is 36.1 Å². The molecule has 1 fully saturated rings. The molecule has 0 radical (unpaired) electrons. The summed E-state index contributed by atoms with van der Waals surface area (Å²) in [6.07, 6.45) is 6.60. The second-order valence-electron chi connectivity index (χ2n) is 6.74. The number of piperazine rings is 1. The van der Waals surface area contributed by atoms with Gasteiger partial charge in [-0.25, -0.2) is 0 Å². The Morgan fingerprint density at radius 3 is 2.61 bits per heavy atom. The standard InChI is InChI=1S/C16H34N2/c1-6-9-15-12-17-16(5,7-2)13-18(15)11-8-10-14(3)4/h14-15,17H,6-13H2,1-5H3. The van der Waals surface area contributed by atoms with E-state index in [-0.39, 0.29) is 0 Å². The average Bonchev–Trinajstić information content (AvgIpc) is 2.32. The highest BCUT2D eigenvalue weighted by Crippen LogP contribution is 2.22. The zero-order valence-electron chi connectivity index (χ0n) is 13.3. The fourth-order valence-corrected chi connectivity index (χ4v) is 2.95. The minimum Gasteiger partial charge on any atom is -0.309 e. The number of nitrogens with one attached hydrogen (secondary N) is 1. The van der Waals surface area contributed by atoms with Crippen molar-refractivity contribution in [1.82, 2.24) is 10.2 Å². The number of rotatable bonds is 7. The third-order valence-electron chi connectivity index (χ3n) is 4.46. The van der Waals surface area contributed by atoms with Gasteiger partial charge < -0.3 is 5.32 Å². The van der Waals surface area contributed by atoms with Crippen LogP contribution in [0.3, 0.4) is 0 Å². The third kappa shape index (κ3) is 4.89. The van der Waals surface area contributed by atoms with Crippen molar-refractivity contribution >= 4 is 0 Å². The molecule has 2 atom stereocenters. The molecule has 1 N–H and O–H groups in total. The van der Waals surface area contributed by atoms with Crippen molar-refractivity contribution in [3.05, 3.63) is 0 Å². The summed E-state index contributed by atoms with van der Waals surface area (Å²) < 4.78 is 0. The normalized spacial score (nSPS) is 30.0. The first-order chi connectivity index (χ1) is 8.50. The SMILES string of the molecule is CCCC1CNC(C)(CC)CN1CCCC(C)C. The van der Waals surface area contributed by atoms with Gasteiger partial charge in [-0.1, -0.05) is 34.1 Å². The van der Waals surface area contributed by atoms with Crippen molar-refractivity contribution in [2.24, 2.45) is 5.92 Å². The predicted molar refractivity (Wildman–Crippen MR) is 81.0 cm³/mol. The van der Waals surface area contributed by atoms with E-state index < -0.39 is 0 Å². The molecule has 1 saturated heterocycles. The van der Waals surface area contributed by atoms with Crippen LogP contribution in [0.1, 0.15) is 66.7 Å². The molecular weight excluding hydrogens is 220 g/mol. The van der Waals surface area contributed by atoms with Crippen LogP contribution in [0.15, 0.2) is 0 Å². The molecule has 1 rings (SSSR count). The molecule has 0 spiro atoms. The lowest BCUT2D eigenvalue weighted by molar-refractivity contribution is 0.0768. The Labute approximate surface area is 115 Å². The van der Waals surface area contributed by atoms with Crippen LogP contribution in [0.25, 0.3) is 0 Å². The van der Waals surface area contributed by atoms with E-state index in [0.717, 1.165) is 12.0 Å². The molecule has 0 amide bonds. The summed E-state index contributed by atoms with van der Waals surface area (Å²) in [6, 6.07) is 0.766. The Hall–Kier alpha value is -0.0800. The first kappa shape index (κ1) is 16.0. The molecule has 0 bridgehead atoms. The van der Waals surface area contributed by atoms with Crippen LogP contribution < -0.4 is 5.32 Å². The quantitative estimate of drug-likeness (QED) is 0.746. The van der Waals surface area contributed by atoms with Crippen molar-refractivity contribution in [1.29, 1.82) is 0 Å². The molecule has 18 heavy (non-hydrogen) atoms. The summed E-state index contributed by atoms with van der Waals surface area (Å²) in [6.45, 7) is 15.4. The van der Waals surface area contributed by atoms with Gasteiger partial charge in [0.2, 0.25) is 0 Å². The monoisotopic (exact) mass is 254 g/mol. The fourth-order valence-electron chi connectivity index (χ4n) is 2.95. The molecule has 2 nitrogen and oxygen atoms in total. The highest BCUT2D eigenvalue weighted by molar-refractivity contribution is 4.94. The lowest BCUT2D eigenvalue weighted by Crippen LogP contribution is -2.62. The summed E-state index contributed by atoms with van der Waals surface area (Å²) in [4.78, 5) is 2.76. The first-order valence-electron chi connectivity index (χ1n) is 7.99. The van der Waals surface area contributed by atoms with Crippen molar-refractivity contribution in [3.63, 3.8) is 0 Å². The number of hydrogen-bond acceptors (Lipinski definition) is 2. The maximum Gasteiger partial charge on any atom is 0.0278 e. The molecule has 0 aliphatic carbocycles. The zero-order valence-corrected chi connectivity index (χ0v) is 13.3. The lowest BCUT2D eigenvalue weighted by Gasteiger charge is -2.46. The Bertz CT molecular complexity index is 227. The van der Waals surface area contributed by atoms with E-state index in [9.17, 15) is 0 Å². The van der Waals surface area contributed by atoms with Gasteiger partial charge >= 0.3 is 0 Å². The Balaban J connectivity index is 2.49. The van der Waals surface area contributed by atoms with E-state index in [0.29, 0.717) is 5.54 Å². The van der Waals surface area contributed by atoms with E-state index in [1.54, 1.807) is 0 Å². The van der Waals surface area contributed by atoms with Gasteiger partial charge in [-0.15, -0.1) is 0 Å². The van der Waals surface area contributed by atoms with E-state index in [4.69, 9.17) is 0 Å². The maximum atomic E-state index is 3.77. The van der Waals surface area contributed by atoms with Crippen molar-refractivity contribution in [3.8, 4) is 0 Å². The molecule has 0 saturated carbocycles. The van der Waals surface area contributed by atoms with Gasteiger partial charge in [0, 0.05) is 24.7 Å². The highest BCUT2D eigenvalue weighted by atomic mass is 15.2. The summed E-state index contributed by atoms with van der Waals surface area (Å²) in [5.74, 6) is 0.843. The second-order valence-corrected chi connectivity index (χ2v) is 6.74. The fraction of sp³-hybridized carbons (Fsp3) is 1.00. The Morgan fingerprint density at radius 1 is 1.33 bits per heavy atom. The number of hydrogen-bond donors (Lipinski definition) is 1. The smallest absolute Gasteiger partial charge is 0.0278 e. The minimum absolute atomic E-state index is 0.335. The molecule has 1 aliphatic heterocycles. The molecular formula is C16H34N2. The Morgan fingerprint density at radius 2 is 2.06 bits per heavy atom. The summed E-state index contributed by atoms with van der Waals surface area (Å²) in [5.41, 5.74) is 0.335. The van der Waals surface area contributed by atoms with Gasteiger partial charge in [0.1, 0.15) is 0 Å². The lowest BCUT2D eigenvalue weighted by atomic mass is 9.92. The van der Waals surface area contributed by atoms with Crippen molar-refractivity contribution < 1.29 is 0 Å². The van der Waals surface area contributed by atoms with Gasteiger partial charge in [0.05, 0.1) is 0 Å². The number of nitrogens with zero attached hydrogens (tertiary/aromatic N) is 1. The van der Waals surface area contributed by atoms with Gasteiger partial charge in [-0.3, -0.25) is 4.90 Å². The molecule has 108 valence electrons. The van der Waals surface area contributed by atoms with Crippen molar-refractivity contribution in [2.45, 2.75) is 78.3 Å². The molecule has 0 aromatic carbocycles. The molecule has 1 aliphatic rings. The molecule has 0 aromatic heterocycles. The first-order valence-corrected chi connectivity index (χ1v) is 7.99. The van der Waals surface area contributed by atoms with Crippen LogP contribution in [0, 0.1) is 5.92 Å². The maximum absolute atomic E-state index is 3.77. The Kier molecular flexibility index (Phi) is 6.65. The summed E-state index contributed by atoms with van der Waals surface area (Å²) >= 11 is 0. The van der Waals surface area contributed by atoms with Crippen LogP contribution in [-0.2, 0) is 0 Å². The van der Waals surface area contributed by atoms with Crippen LogP contribution in [0.5, 0.6) is 0 Å². The summed E-state index contributed by atoms with van der Waals surface area (Å²) in [5, 5.41) is 3.77. The highest BCUT2D eigenvalue weighted by Gasteiger charge is 2.33. The summed E-state index contributed by atoms with van der Waals surface area (Å²) in [7, 11) is 0. The zero-order chi connectivity index (χ0) is 13.6. The van der Waals surface area contributed by atoms with Crippen molar-refractivity contribution in [2.75, 3.05) is 19.6 Å². The third-order valence-corrected chi connectivity index (χ3v) is 4.46. The van der Waals surface area contributed by atoms with E-state index in [1.165, 1.54) is 51.7 Å². The van der Waals surface area contributed by atoms with Crippen LogP contribution in [0.2, 0.25) is 0 Å². The second kappa shape index (κ2) is 7.49. The van der Waals surface area contributed by atoms with Crippen LogP contribution >= 0.6 is 0 Å².